The van der Waals surface area contributed by atoms with Gasteiger partial charge in [-0.3, -0.25) is 9.69 Å². The molecule has 1 aromatic carbocycles. The number of fused-ring (bicyclic) bond motifs is 5. The number of likely N-dealkylation sites (N-methyl/N-ethyl adjacent to an activating group) is 1. The van der Waals surface area contributed by atoms with Gasteiger partial charge >= 0.3 is 17.9 Å². The van der Waals surface area contributed by atoms with E-state index < -0.39 is 47.1 Å². The van der Waals surface area contributed by atoms with Crippen molar-refractivity contribution < 1.29 is 32.0 Å². The number of hydrogen-bond acceptors (Lipinski definition) is 6. The third-order valence-electron chi connectivity index (χ3n) is 5.36. The highest BCUT2D eigenvalue weighted by atomic mass is 19.3. The fourth-order valence-corrected chi connectivity index (χ4v) is 4.13. The molecular formula is C17H13F3N4O4. The second kappa shape index (κ2) is 5.40. The maximum absolute atomic E-state index is 14.6. The smallest absolute Gasteiger partial charge is 0.415 e. The summed E-state index contributed by atoms with van der Waals surface area (Å²) in [5.74, 6) is -5.90. The molecule has 0 radical (unpaired) electrons. The lowest BCUT2D eigenvalue weighted by atomic mass is 9.96. The third-order valence-corrected chi connectivity index (χ3v) is 5.36. The zero-order valence-electron chi connectivity index (χ0n) is 14.4. The Kier molecular flexibility index (Phi) is 3.26. The van der Waals surface area contributed by atoms with Crippen molar-refractivity contribution in [2.24, 2.45) is 0 Å². The number of nitrogens with zero attached hydrogens (tertiary/aromatic N) is 3. The number of hydrogen-bond donors (Lipinski definition) is 1. The molecule has 4 heterocycles. The minimum Gasteiger partial charge on any atom is -0.442 e. The van der Waals surface area contributed by atoms with Gasteiger partial charge in [0.2, 0.25) is 0 Å². The Labute approximate surface area is 155 Å². The lowest BCUT2D eigenvalue weighted by Crippen LogP contribution is -2.37. The summed E-state index contributed by atoms with van der Waals surface area (Å²) in [4.78, 5) is 26.1. The van der Waals surface area contributed by atoms with Crippen LogP contribution in [0.5, 0.6) is 0 Å². The minimum absolute atomic E-state index is 0.0120. The molecule has 8 nitrogen and oxygen atoms in total. The van der Waals surface area contributed by atoms with Crippen LogP contribution in [0.4, 0.5) is 35.2 Å². The molecule has 1 saturated heterocycles. The van der Waals surface area contributed by atoms with Gasteiger partial charge in [-0.15, -0.1) is 0 Å². The van der Waals surface area contributed by atoms with Gasteiger partial charge in [-0.2, -0.15) is 8.78 Å². The lowest BCUT2D eigenvalue weighted by Gasteiger charge is -2.17. The van der Waals surface area contributed by atoms with E-state index in [-0.39, 0.29) is 24.2 Å². The fraction of sp³-hybridized carbons (Fsp3) is 0.353. The molecule has 2 atom stereocenters. The third kappa shape index (κ3) is 2.04. The van der Waals surface area contributed by atoms with E-state index in [1.165, 1.54) is 11.2 Å². The second-order valence-electron chi connectivity index (χ2n) is 6.85. The number of cyclic esters (lactones) is 1. The van der Waals surface area contributed by atoms with Gasteiger partial charge in [-0.25, -0.2) is 9.18 Å². The lowest BCUT2D eigenvalue weighted by molar-refractivity contribution is -0.141. The molecule has 5 rings (SSSR count). The molecular weight excluding hydrogens is 381 g/mol. The number of carbonyl (C=O) groups is 2. The maximum atomic E-state index is 14.6. The van der Waals surface area contributed by atoms with Crippen LogP contribution in [0, 0.1) is 5.82 Å². The summed E-state index contributed by atoms with van der Waals surface area (Å²) in [5.41, 5.74) is -1.01. The molecule has 11 heteroatoms. The van der Waals surface area contributed by atoms with E-state index in [0.717, 1.165) is 13.1 Å². The Hall–Kier alpha value is -3.24. The van der Waals surface area contributed by atoms with Crippen molar-refractivity contribution in [2.75, 3.05) is 28.7 Å². The van der Waals surface area contributed by atoms with E-state index in [9.17, 15) is 22.8 Å². The molecule has 0 aliphatic carbocycles. The van der Waals surface area contributed by atoms with Crippen molar-refractivity contribution in [3.63, 3.8) is 0 Å². The maximum Gasteiger partial charge on any atom is 0.415 e. The van der Waals surface area contributed by atoms with Crippen molar-refractivity contribution in [1.82, 2.24) is 5.16 Å². The van der Waals surface area contributed by atoms with E-state index in [4.69, 9.17) is 9.26 Å². The highest BCUT2D eigenvalue weighted by molar-refractivity contribution is 6.08. The number of nitrogens with one attached hydrogen (secondary N) is 1. The summed E-state index contributed by atoms with van der Waals surface area (Å²) in [7, 11) is 1.10. The van der Waals surface area contributed by atoms with E-state index in [0.29, 0.717) is 10.7 Å². The summed E-state index contributed by atoms with van der Waals surface area (Å²) >= 11 is 0. The average Bonchev–Trinajstić information content (AvgIpc) is 3.37. The highest BCUT2D eigenvalue weighted by Crippen LogP contribution is 2.53. The molecule has 146 valence electrons. The first-order valence-corrected chi connectivity index (χ1v) is 8.46. The van der Waals surface area contributed by atoms with Crippen LogP contribution < -0.4 is 15.1 Å². The van der Waals surface area contributed by atoms with Crippen LogP contribution in [-0.2, 0) is 21.9 Å². The van der Waals surface area contributed by atoms with Crippen LogP contribution in [0.3, 0.4) is 0 Å². The quantitative estimate of drug-likeness (QED) is 0.859. The number of carbonyl (C=O) groups excluding carboxylic acids is 2. The number of aromatic nitrogens is 1. The molecule has 3 aliphatic rings. The Morgan fingerprint density at radius 2 is 2.18 bits per heavy atom. The van der Waals surface area contributed by atoms with Gasteiger partial charge in [0, 0.05) is 19.2 Å². The highest BCUT2D eigenvalue weighted by Gasteiger charge is 2.58. The fourth-order valence-electron chi connectivity index (χ4n) is 4.13. The summed E-state index contributed by atoms with van der Waals surface area (Å²) < 4.78 is 53.8. The molecule has 0 unspecified atom stereocenters. The molecule has 2 amide bonds. The molecule has 1 aromatic heterocycles. The van der Waals surface area contributed by atoms with Crippen molar-refractivity contribution >= 4 is 29.2 Å². The molecule has 0 saturated carbocycles. The van der Waals surface area contributed by atoms with Crippen LogP contribution in [0.15, 0.2) is 22.9 Å². The van der Waals surface area contributed by atoms with Gasteiger partial charge in [-0.1, -0.05) is 5.16 Å². The monoisotopic (exact) mass is 394 g/mol. The number of amides is 2. The van der Waals surface area contributed by atoms with Gasteiger partial charge in [-0.05, 0) is 12.0 Å². The van der Waals surface area contributed by atoms with Crippen LogP contribution in [0.1, 0.15) is 11.1 Å². The van der Waals surface area contributed by atoms with Crippen molar-refractivity contribution in [1.29, 1.82) is 0 Å². The summed E-state index contributed by atoms with van der Waals surface area (Å²) in [6.07, 6.45) is -0.0525. The van der Waals surface area contributed by atoms with Crippen LogP contribution in [0.25, 0.3) is 0 Å². The van der Waals surface area contributed by atoms with Crippen LogP contribution in [-0.4, -0.2) is 42.9 Å². The molecule has 1 N–H and O–H groups in total. The van der Waals surface area contributed by atoms with Gasteiger partial charge in [0.25, 0.3) is 0 Å². The molecule has 28 heavy (non-hydrogen) atoms. The number of alkyl halides is 2. The van der Waals surface area contributed by atoms with Crippen molar-refractivity contribution in [3.05, 3.63) is 35.3 Å². The Balaban J connectivity index is 1.53. The first-order chi connectivity index (χ1) is 13.3. The van der Waals surface area contributed by atoms with Gasteiger partial charge < -0.3 is 19.5 Å². The second-order valence-corrected chi connectivity index (χ2v) is 6.85. The van der Waals surface area contributed by atoms with E-state index >= 15 is 0 Å². The van der Waals surface area contributed by atoms with Gasteiger partial charge in [0.1, 0.15) is 18.2 Å². The molecule has 1 fully saturated rings. The number of benzene rings is 1. The predicted molar refractivity (Wildman–Crippen MR) is 88.9 cm³/mol. The average molecular weight is 394 g/mol. The van der Waals surface area contributed by atoms with E-state index in [1.54, 1.807) is 6.07 Å². The molecule has 2 aromatic rings. The number of anilines is 3. The zero-order valence-corrected chi connectivity index (χ0v) is 14.4. The first kappa shape index (κ1) is 16.9. The Morgan fingerprint density at radius 3 is 2.89 bits per heavy atom. The normalized spacial score (nSPS) is 24.3. The first-order valence-electron chi connectivity index (χ1n) is 8.46. The van der Waals surface area contributed by atoms with E-state index in [1.807, 2.05) is 0 Å². The van der Waals surface area contributed by atoms with Crippen LogP contribution >= 0.6 is 0 Å². The Morgan fingerprint density at radius 1 is 1.39 bits per heavy atom. The van der Waals surface area contributed by atoms with Crippen molar-refractivity contribution in [3.8, 4) is 0 Å². The Bertz CT molecular complexity index is 1010. The number of rotatable bonds is 3. The van der Waals surface area contributed by atoms with Gasteiger partial charge in [0.15, 0.2) is 5.82 Å². The van der Waals surface area contributed by atoms with Crippen molar-refractivity contribution in [2.45, 2.75) is 24.5 Å². The predicted octanol–water partition coefficient (Wildman–Crippen LogP) is 2.24. The standard InChI is InChI=1S/C17H13F3N4O4/c1-23-14-8(18)5-9-7(13(14)17(19,20)15(23)25)4-10-11(28-16(26)24(9)10)6-21-12-2-3-27-22-12/h2-3,5,10-11H,4,6H2,1H3,(H,21,22)/t10-,11-/m0/s1. The topological polar surface area (TPSA) is 87.9 Å². The molecule has 3 aliphatic heterocycles. The molecule has 0 spiro atoms. The zero-order chi connectivity index (χ0) is 19.8. The van der Waals surface area contributed by atoms with E-state index in [2.05, 4.69) is 10.5 Å². The summed E-state index contributed by atoms with van der Waals surface area (Å²) in [5, 5.41) is 6.61. The largest absolute Gasteiger partial charge is 0.442 e. The SMILES string of the molecule is CN1C(=O)C(F)(F)c2c3c(cc(F)c21)N1C(=O)O[C@@H](CNc2ccon2)[C@@H]1C3. The van der Waals surface area contributed by atoms with Crippen LogP contribution in [0.2, 0.25) is 0 Å². The number of halogens is 3. The minimum atomic E-state index is -3.85. The summed E-state index contributed by atoms with van der Waals surface area (Å²) in [6.45, 7) is 0.160. The number of ether oxygens (including phenoxy) is 1. The summed E-state index contributed by atoms with van der Waals surface area (Å²) in [6, 6.07) is 1.97. The van der Waals surface area contributed by atoms with Gasteiger partial charge in [0.05, 0.1) is 29.5 Å². The molecule has 0 bridgehead atoms.